The summed E-state index contributed by atoms with van der Waals surface area (Å²) in [5.41, 5.74) is 0. The van der Waals surface area contributed by atoms with Gasteiger partial charge in [-0.05, 0) is 11.6 Å². The molecule has 0 aliphatic rings. The molecular formula is C6H7ClN2O2. The molecular weight excluding hydrogens is 168 g/mol. The van der Waals surface area contributed by atoms with E-state index in [0.717, 1.165) is 0 Å². The van der Waals surface area contributed by atoms with Crippen LogP contribution in [0.3, 0.4) is 0 Å². The molecule has 0 saturated carbocycles. The summed E-state index contributed by atoms with van der Waals surface area (Å²) in [5, 5.41) is 2.97. The zero-order valence-electron chi connectivity index (χ0n) is 5.95. The highest BCUT2D eigenvalue weighted by molar-refractivity contribution is 6.62. The smallest absolute Gasteiger partial charge is 0.316 e. The van der Waals surface area contributed by atoms with Crippen LogP contribution in [0.5, 0.6) is 0 Å². The number of carbonyl (C=O) groups excluding carboxylic acids is 1. The van der Waals surface area contributed by atoms with Gasteiger partial charge in [0, 0.05) is 13.1 Å². The molecule has 0 bridgehead atoms. The summed E-state index contributed by atoms with van der Waals surface area (Å²) in [6.07, 6.45) is 1.52. The second-order valence-electron chi connectivity index (χ2n) is 2.09. The number of amides is 1. The summed E-state index contributed by atoms with van der Waals surface area (Å²) in [7, 11) is 1.58. The normalized spacial score (nSPS) is 9.64. The molecule has 0 spiro atoms. The van der Waals surface area contributed by atoms with Gasteiger partial charge in [0.25, 0.3) is 0 Å². The van der Waals surface area contributed by atoms with E-state index in [0.29, 0.717) is 12.3 Å². The second-order valence-corrected chi connectivity index (χ2v) is 2.41. The molecule has 1 heterocycles. The molecule has 0 aliphatic carbocycles. The lowest BCUT2D eigenvalue weighted by molar-refractivity contribution is 0.224. The standard InChI is InChI=1S/C6H7ClN2O2/c1-9(6(7)10)4-5-2-3-8-11-5/h2-3H,4H2,1H3. The van der Waals surface area contributed by atoms with Gasteiger partial charge in [-0.15, -0.1) is 0 Å². The van der Waals surface area contributed by atoms with Crippen molar-refractivity contribution >= 4 is 17.0 Å². The summed E-state index contributed by atoms with van der Waals surface area (Å²) in [6, 6.07) is 1.68. The summed E-state index contributed by atoms with van der Waals surface area (Å²) in [6.45, 7) is 0.350. The average molecular weight is 175 g/mol. The van der Waals surface area contributed by atoms with Crippen LogP contribution < -0.4 is 0 Å². The fraction of sp³-hybridized carbons (Fsp3) is 0.333. The van der Waals surface area contributed by atoms with Crippen molar-refractivity contribution in [2.24, 2.45) is 0 Å². The first kappa shape index (κ1) is 8.07. The number of carbonyl (C=O) groups is 1. The predicted octanol–water partition coefficient (Wildman–Crippen LogP) is 1.47. The molecule has 1 aromatic heterocycles. The first-order chi connectivity index (χ1) is 5.20. The molecule has 60 valence electrons. The number of halogens is 1. The van der Waals surface area contributed by atoms with Gasteiger partial charge >= 0.3 is 5.37 Å². The monoisotopic (exact) mass is 174 g/mol. The van der Waals surface area contributed by atoms with E-state index >= 15 is 0 Å². The number of hydrogen-bond donors (Lipinski definition) is 0. The highest BCUT2D eigenvalue weighted by Crippen LogP contribution is 2.03. The number of aromatic nitrogens is 1. The fourth-order valence-corrected chi connectivity index (χ4v) is 0.679. The lowest BCUT2D eigenvalue weighted by Crippen LogP contribution is -2.19. The van der Waals surface area contributed by atoms with Gasteiger partial charge in [0.05, 0.1) is 12.7 Å². The minimum atomic E-state index is -0.513. The van der Waals surface area contributed by atoms with E-state index in [9.17, 15) is 4.79 Å². The Morgan fingerprint density at radius 2 is 2.64 bits per heavy atom. The molecule has 4 nitrogen and oxygen atoms in total. The highest BCUT2D eigenvalue weighted by Gasteiger charge is 2.06. The molecule has 0 saturated heterocycles. The van der Waals surface area contributed by atoms with E-state index in [1.54, 1.807) is 13.1 Å². The van der Waals surface area contributed by atoms with Gasteiger partial charge < -0.3 is 9.42 Å². The third-order valence-electron chi connectivity index (χ3n) is 1.18. The Hall–Kier alpha value is -1.03. The first-order valence-corrected chi connectivity index (χ1v) is 3.38. The van der Waals surface area contributed by atoms with Crippen molar-refractivity contribution in [3.8, 4) is 0 Å². The van der Waals surface area contributed by atoms with Crippen molar-refractivity contribution in [3.05, 3.63) is 18.0 Å². The molecule has 0 radical (unpaired) electrons. The molecule has 1 aromatic rings. The Morgan fingerprint density at radius 1 is 1.91 bits per heavy atom. The van der Waals surface area contributed by atoms with Crippen LogP contribution in [0.25, 0.3) is 0 Å². The van der Waals surface area contributed by atoms with Gasteiger partial charge in [-0.1, -0.05) is 5.16 Å². The maximum Gasteiger partial charge on any atom is 0.316 e. The van der Waals surface area contributed by atoms with E-state index in [1.165, 1.54) is 11.1 Å². The van der Waals surface area contributed by atoms with Gasteiger partial charge in [-0.3, -0.25) is 4.79 Å². The van der Waals surface area contributed by atoms with Gasteiger partial charge in [0.1, 0.15) is 0 Å². The Morgan fingerprint density at radius 3 is 3.09 bits per heavy atom. The zero-order chi connectivity index (χ0) is 8.27. The van der Waals surface area contributed by atoms with Crippen LogP contribution in [0.1, 0.15) is 5.76 Å². The largest absolute Gasteiger partial charge is 0.360 e. The van der Waals surface area contributed by atoms with Gasteiger partial charge in [0.15, 0.2) is 5.76 Å². The SMILES string of the molecule is CN(Cc1ccno1)C(=O)Cl. The summed E-state index contributed by atoms with van der Waals surface area (Å²) in [5.74, 6) is 0.613. The molecule has 0 fully saturated rings. The Bertz CT molecular complexity index is 235. The molecule has 0 atom stereocenters. The first-order valence-electron chi connectivity index (χ1n) is 3.00. The molecule has 0 aromatic carbocycles. The second kappa shape index (κ2) is 3.39. The van der Waals surface area contributed by atoms with E-state index in [1.807, 2.05) is 0 Å². The number of rotatable bonds is 2. The minimum absolute atomic E-state index is 0.350. The number of hydrogen-bond acceptors (Lipinski definition) is 3. The molecule has 1 amide bonds. The lowest BCUT2D eigenvalue weighted by atomic mass is 10.4. The minimum Gasteiger partial charge on any atom is -0.360 e. The molecule has 0 N–H and O–H groups in total. The quantitative estimate of drug-likeness (QED) is 0.504. The fourth-order valence-electron chi connectivity index (χ4n) is 0.620. The van der Waals surface area contributed by atoms with Crippen molar-refractivity contribution in [2.45, 2.75) is 6.54 Å². The Labute approximate surface area is 68.7 Å². The van der Waals surface area contributed by atoms with Crippen molar-refractivity contribution in [2.75, 3.05) is 7.05 Å². The summed E-state index contributed by atoms with van der Waals surface area (Å²) < 4.78 is 4.75. The van der Waals surface area contributed by atoms with Gasteiger partial charge in [0.2, 0.25) is 0 Å². The average Bonchev–Trinajstić information content (AvgIpc) is 2.39. The zero-order valence-corrected chi connectivity index (χ0v) is 6.71. The molecule has 0 unspecified atom stereocenters. The third-order valence-corrected chi connectivity index (χ3v) is 1.47. The molecule has 0 aliphatic heterocycles. The van der Waals surface area contributed by atoms with E-state index in [4.69, 9.17) is 16.1 Å². The Kier molecular flexibility index (Phi) is 2.48. The maximum absolute atomic E-state index is 10.5. The third kappa shape index (κ3) is 2.23. The van der Waals surface area contributed by atoms with Crippen LogP contribution in [0, 0.1) is 0 Å². The maximum atomic E-state index is 10.5. The van der Waals surface area contributed by atoms with Crippen LogP contribution in [-0.4, -0.2) is 22.5 Å². The van der Waals surface area contributed by atoms with Crippen molar-refractivity contribution in [1.29, 1.82) is 0 Å². The summed E-state index contributed by atoms with van der Waals surface area (Å²) in [4.78, 5) is 11.8. The predicted molar refractivity (Wildman–Crippen MR) is 39.2 cm³/mol. The van der Waals surface area contributed by atoms with Gasteiger partial charge in [-0.2, -0.15) is 0 Å². The topological polar surface area (TPSA) is 46.3 Å². The van der Waals surface area contributed by atoms with E-state index in [2.05, 4.69) is 5.16 Å². The lowest BCUT2D eigenvalue weighted by Gasteiger charge is -2.09. The highest BCUT2D eigenvalue weighted by atomic mass is 35.5. The van der Waals surface area contributed by atoms with Crippen molar-refractivity contribution < 1.29 is 9.32 Å². The van der Waals surface area contributed by atoms with Crippen LogP contribution >= 0.6 is 11.6 Å². The summed E-state index contributed by atoms with van der Waals surface area (Å²) >= 11 is 5.17. The van der Waals surface area contributed by atoms with E-state index in [-0.39, 0.29) is 0 Å². The van der Waals surface area contributed by atoms with E-state index < -0.39 is 5.37 Å². The van der Waals surface area contributed by atoms with Crippen LogP contribution in [0.15, 0.2) is 16.8 Å². The van der Waals surface area contributed by atoms with Crippen LogP contribution in [0.4, 0.5) is 4.79 Å². The molecule has 11 heavy (non-hydrogen) atoms. The van der Waals surface area contributed by atoms with Crippen LogP contribution in [0.2, 0.25) is 0 Å². The van der Waals surface area contributed by atoms with Crippen molar-refractivity contribution in [3.63, 3.8) is 0 Å². The molecule has 1 rings (SSSR count). The Balaban J connectivity index is 2.50. The van der Waals surface area contributed by atoms with Crippen LogP contribution in [-0.2, 0) is 6.54 Å². The van der Waals surface area contributed by atoms with Crippen molar-refractivity contribution in [1.82, 2.24) is 10.1 Å². The number of nitrogens with zero attached hydrogens (tertiary/aromatic N) is 2. The molecule has 5 heteroatoms. The van der Waals surface area contributed by atoms with Gasteiger partial charge in [-0.25, -0.2) is 0 Å².